The molecule has 2 atom stereocenters. The number of hydrogen-bond acceptors (Lipinski definition) is 6. The van der Waals surface area contributed by atoms with Gasteiger partial charge in [0.2, 0.25) is 0 Å². The monoisotopic (exact) mass is 415 g/mol. The van der Waals surface area contributed by atoms with Gasteiger partial charge in [-0.2, -0.15) is 0 Å². The second-order valence-electron chi connectivity index (χ2n) is 7.04. The van der Waals surface area contributed by atoms with E-state index in [-0.39, 0.29) is 16.9 Å². The van der Waals surface area contributed by atoms with Gasteiger partial charge in [-0.25, -0.2) is 0 Å². The first-order valence-electron chi connectivity index (χ1n) is 9.32. The van der Waals surface area contributed by atoms with Crippen molar-refractivity contribution >= 4 is 29.0 Å². The van der Waals surface area contributed by atoms with E-state index in [9.17, 15) is 25.0 Å². The Morgan fingerprint density at radius 1 is 1.03 bits per heavy atom. The molecule has 8 nitrogen and oxygen atoms in total. The molecule has 1 fully saturated rings. The van der Waals surface area contributed by atoms with Crippen LogP contribution < -0.4 is 5.32 Å². The Bertz CT molecular complexity index is 917. The second-order valence-corrected chi connectivity index (χ2v) is 8.32. The average molecular weight is 415 g/mol. The molecule has 0 unspecified atom stereocenters. The molecule has 3 rings (SSSR count). The van der Waals surface area contributed by atoms with Crippen LogP contribution in [0.3, 0.4) is 0 Å². The predicted molar refractivity (Wildman–Crippen MR) is 110 cm³/mol. The number of non-ortho nitro benzene ring substituents is 2. The molecule has 1 aliphatic carbocycles. The number of hydrogen-bond donors (Lipinski definition) is 1. The van der Waals surface area contributed by atoms with E-state index in [2.05, 4.69) is 11.4 Å². The SMILES string of the molecule is Cc1ccccc1S[C@@H]1CCCC[C@H]1NC(=O)c1cc([N+](=O)[O-])cc([N+](=O)[O-])c1. The van der Waals surface area contributed by atoms with Crippen LogP contribution in [0.2, 0.25) is 0 Å². The van der Waals surface area contributed by atoms with Crippen LogP contribution in [0.1, 0.15) is 41.6 Å². The van der Waals surface area contributed by atoms with E-state index in [1.165, 1.54) is 5.56 Å². The summed E-state index contributed by atoms with van der Waals surface area (Å²) in [6, 6.07) is 11.0. The molecule has 2 aromatic carbocycles. The van der Waals surface area contributed by atoms with E-state index in [0.29, 0.717) is 0 Å². The normalized spacial score (nSPS) is 18.8. The number of nitrogens with zero attached hydrogens (tertiary/aromatic N) is 2. The maximum atomic E-state index is 12.8. The summed E-state index contributed by atoms with van der Waals surface area (Å²) in [7, 11) is 0. The summed E-state index contributed by atoms with van der Waals surface area (Å²) in [4.78, 5) is 34.6. The highest BCUT2D eigenvalue weighted by Gasteiger charge is 2.29. The molecule has 2 aromatic rings. The summed E-state index contributed by atoms with van der Waals surface area (Å²) in [5.74, 6) is -0.529. The first kappa shape index (κ1) is 20.8. The van der Waals surface area contributed by atoms with Gasteiger partial charge in [-0.15, -0.1) is 11.8 Å². The number of nitro groups is 2. The van der Waals surface area contributed by atoms with Crippen molar-refractivity contribution in [2.24, 2.45) is 0 Å². The van der Waals surface area contributed by atoms with E-state index in [1.54, 1.807) is 11.8 Å². The summed E-state index contributed by atoms with van der Waals surface area (Å²) >= 11 is 1.72. The number of rotatable bonds is 6. The zero-order valence-electron chi connectivity index (χ0n) is 15.9. The summed E-state index contributed by atoms with van der Waals surface area (Å²) < 4.78 is 0. The maximum absolute atomic E-state index is 12.8. The van der Waals surface area contributed by atoms with E-state index in [0.717, 1.165) is 48.8 Å². The molecule has 0 bridgehead atoms. The summed E-state index contributed by atoms with van der Waals surface area (Å²) in [5, 5.41) is 25.3. The van der Waals surface area contributed by atoms with E-state index < -0.39 is 27.1 Å². The van der Waals surface area contributed by atoms with E-state index in [4.69, 9.17) is 0 Å². The van der Waals surface area contributed by atoms with Crippen molar-refractivity contribution in [1.82, 2.24) is 5.32 Å². The van der Waals surface area contributed by atoms with Crippen molar-refractivity contribution in [2.75, 3.05) is 0 Å². The highest BCUT2D eigenvalue weighted by atomic mass is 32.2. The van der Waals surface area contributed by atoms with Gasteiger partial charge >= 0.3 is 0 Å². The van der Waals surface area contributed by atoms with Crippen LogP contribution in [-0.4, -0.2) is 27.0 Å². The number of nitro benzene ring substituents is 2. The number of nitrogens with one attached hydrogen (secondary N) is 1. The lowest BCUT2D eigenvalue weighted by Gasteiger charge is -2.32. The second kappa shape index (κ2) is 9.04. The molecule has 9 heteroatoms. The zero-order chi connectivity index (χ0) is 21.0. The largest absolute Gasteiger partial charge is 0.348 e. The fourth-order valence-electron chi connectivity index (χ4n) is 3.44. The molecular formula is C20H21N3O5S. The van der Waals surface area contributed by atoms with Crippen LogP contribution in [0.25, 0.3) is 0 Å². The molecular weight excluding hydrogens is 394 g/mol. The predicted octanol–water partition coefficient (Wildman–Crippen LogP) is 4.64. The van der Waals surface area contributed by atoms with Gasteiger partial charge in [-0.1, -0.05) is 31.0 Å². The standard InChI is InChI=1S/C20H21N3O5S/c1-13-6-2-4-8-18(13)29-19-9-5-3-7-17(19)21-20(24)14-10-15(22(25)26)12-16(11-14)23(27)28/h2,4,6,8,10-12,17,19H,3,5,7,9H2,1H3,(H,21,24)/t17-,19-/m1/s1. The van der Waals surface area contributed by atoms with Crippen molar-refractivity contribution in [3.63, 3.8) is 0 Å². The summed E-state index contributed by atoms with van der Waals surface area (Å²) in [5.41, 5.74) is 0.149. The quantitative estimate of drug-likeness (QED) is 0.542. The van der Waals surface area contributed by atoms with Gasteiger partial charge in [-0.05, 0) is 31.4 Å². The van der Waals surface area contributed by atoms with Gasteiger partial charge in [0.25, 0.3) is 17.3 Å². The molecule has 1 N–H and O–H groups in total. The van der Waals surface area contributed by atoms with Crippen LogP contribution in [0.5, 0.6) is 0 Å². The van der Waals surface area contributed by atoms with E-state index in [1.807, 2.05) is 25.1 Å². The molecule has 0 aliphatic heterocycles. The highest BCUT2D eigenvalue weighted by molar-refractivity contribution is 8.00. The van der Waals surface area contributed by atoms with Gasteiger partial charge in [0.05, 0.1) is 21.5 Å². The fourth-order valence-corrected chi connectivity index (χ4v) is 4.83. The molecule has 29 heavy (non-hydrogen) atoms. The van der Waals surface area contributed by atoms with Crippen molar-refractivity contribution in [1.29, 1.82) is 0 Å². The van der Waals surface area contributed by atoms with Crippen molar-refractivity contribution in [2.45, 2.75) is 48.8 Å². The Kier molecular flexibility index (Phi) is 6.48. The third-order valence-corrected chi connectivity index (χ3v) is 6.56. The lowest BCUT2D eigenvalue weighted by Crippen LogP contribution is -2.43. The minimum absolute atomic E-state index is 0.0730. The zero-order valence-corrected chi connectivity index (χ0v) is 16.7. The molecule has 0 spiro atoms. The maximum Gasteiger partial charge on any atom is 0.277 e. The molecule has 0 aromatic heterocycles. The molecule has 1 aliphatic rings. The first-order chi connectivity index (χ1) is 13.8. The topological polar surface area (TPSA) is 115 Å². The minimum atomic E-state index is -0.735. The summed E-state index contributed by atoms with van der Waals surface area (Å²) in [6.45, 7) is 2.04. The minimum Gasteiger partial charge on any atom is -0.348 e. The lowest BCUT2D eigenvalue weighted by atomic mass is 9.94. The molecule has 0 heterocycles. The van der Waals surface area contributed by atoms with Gasteiger partial charge in [0.15, 0.2) is 0 Å². The first-order valence-corrected chi connectivity index (χ1v) is 10.2. The van der Waals surface area contributed by atoms with Crippen molar-refractivity contribution in [3.8, 4) is 0 Å². The Hall–Kier alpha value is -2.94. The average Bonchev–Trinajstić information content (AvgIpc) is 2.70. The Morgan fingerprint density at radius 2 is 1.66 bits per heavy atom. The van der Waals surface area contributed by atoms with Crippen LogP contribution in [0.4, 0.5) is 11.4 Å². The summed E-state index contributed by atoms with van der Waals surface area (Å²) in [6.07, 6.45) is 3.79. The molecule has 1 amide bonds. The number of aryl methyl sites for hydroxylation is 1. The number of thioether (sulfide) groups is 1. The molecule has 0 saturated heterocycles. The van der Waals surface area contributed by atoms with Crippen LogP contribution in [0.15, 0.2) is 47.4 Å². The fraction of sp³-hybridized carbons (Fsp3) is 0.350. The Labute approximate surface area is 172 Å². The lowest BCUT2D eigenvalue weighted by molar-refractivity contribution is -0.394. The van der Waals surface area contributed by atoms with Gasteiger partial charge < -0.3 is 5.32 Å². The van der Waals surface area contributed by atoms with E-state index >= 15 is 0 Å². The third-order valence-electron chi connectivity index (χ3n) is 4.98. The van der Waals surface area contributed by atoms with Crippen LogP contribution in [-0.2, 0) is 0 Å². The number of carbonyl (C=O) groups is 1. The van der Waals surface area contributed by atoms with Gasteiger partial charge in [0, 0.05) is 28.3 Å². The molecule has 152 valence electrons. The smallest absolute Gasteiger partial charge is 0.277 e. The van der Waals surface area contributed by atoms with Crippen molar-refractivity contribution in [3.05, 3.63) is 73.8 Å². The van der Waals surface area contributed by atoms with Crippen LogP contribution >= 0.6 is 11.8 Å². The number of carbonyl (C=O) groups excluding carboxylic acids is 1. The van der Waals surface area contributed by atoms with Gasteiger partial charge in [0.1, 0.15) is 0 Å². The Balaban J connectivity index is 1.80. The van der Waals surface area contributed by atoms with Gasteiger partial charge in [-0.3, -0.25) is 25.0 Å². The van der Waals surface area contributed by atoms with Crippen molar-refractivity contribution < 1.29 is 14.6 Å². The number of amides is 1. The number of benzene rings is 2. The molecule has 0 radical (unpaired) electrons. The third kappa shape index (κ3) is 5.11. The molecule has 1 saturated carbocycles. The highest BCUT2D eigenvalue weighted by Crippen LogP contribution is 2.35. The Morgan fingerprint density at radius 3 is 2.28 bits per heavy atom. The van der Waals surface area contributed by atoms with Crippen LogP contribution in [0, 0.1) is 27.2 Å².